The van der Waals surface area contributed by atoms with E-state index in [9.17, 15) is 13.2 Å². The number of hydrogen-bond acceptors (Lipinski definition) is 4. The van der Waals surface area contributed by atoms with Crippen LogP contribution in [0.2, 0.25) is 0 Å². The van der Waals surface area contributed by atoms with Gasteiger partial charge >= 0.3 is 6.18 Å². The normalized spacial score (nSPS) is 13.6. The zero-order chi connectivity index (χ0) is 13.3. The molecular weight excluding hydrogens is 249 g/mol. The fourth-order valence-electron chi connectivity index (χ4n) is 1.34. The third-order valence-electron chi connectivity index (χ3n) is 2.31. The van der Waals surface area contributed by atoms with Crippen molar-refractivity contribution < 1.29 is 17.9 Å². The van der Waals surface area contributed by atoms with Gasteiger partial charge in [0.1, 0.15) is 0 Å². The van der Waals surface area contributed by atoms with E-state index in [1.807, 2.05) is 0 Å². The Labute approximate surface area is 101 Å². The van der Waals surface area contributed by atoms with Crippen LogP contribution in [-0.4, -0.2) is 33.9 Å². The van der Waals surface area contributed by atoms with Gasteiger partial charge in [0.05, 0.1) is 0 Å². The van der Waals surface area contributed by atoms with Crippen LogP contribution in [-0.2, 0) is 0 Å². The summed E-state index contributed by atoms with van der Waals surface area (Å²) in [5.41, 5.74) is 0.234. The Hall–Kier alpha value is -1.99. The predicted molar refractivity (Wildman–Crippen MR) is 58.7 cm³/mol. The molecule has 98 valence electrons. The molecule has 1 atom stereocenters. The number of pyridine rings is 1. The van der Waals surface area contributed by atoms with Crippen molar-refractivity contribution in [3.05, 3.63) is 18.3 Å². The highest BCUT2D eigenvalue weighted by Crippen LogP contribution is 2.27. The number of halogens is 3. The van der Waals surface area contributed by atoms with E-state index in [1.54, 1.807) is 19.3 Å². The van der Waals surface area contributed by atoms with Gasteiger partial charge in [-0.2, -0.15) is 18.2 Å². The van der Waals surface area contributed by atoms with Crippen molar-refractivity contribution in [3.8, 4) is 5.75 Å². The molecule has 18 heavy (non-hydrogen) atoms. The number of aromatic nitrogens is 3. The van der Waals surface area contributed by atoms with Crippen LogP contribution < -0.4 is 10.1 Å². The van der Waals surface area contributed by atoms with Gasteiger partial charge in [-0.15, -0.1) is 5.10 Å². The lowest BCUT2D eigenvalue weighted by Gasteiger charge is -2.17. The summed E-state index contributed by atoms with van der Waals surface area (Å²) in [4.78, 5) is 4.01. The molecule has 0 saturated carbocycles. The number of nitrogens with zero attached hydrogens (tertiary/aromatic N) is 3. The second-order valence-electron chi connectivity index (χ2n) is 3.63. The minimum Gasteiger partial charge on any atom is -0.477 e. The topological polar surface area (TPSA) is 51.5 Å². The SMILES string of the molecule is CNc1nc2c(OC(C)C(F)(F)F)cccn2n1. The van der Waals surface area contributed by atoms with Gasteiger partial charge in [-0.25, -0.2) is 4.52 Å². The van der Waals surface area contributed by atoms with Gasteiger partial charge in [-0.05, 0) is 19.1 Å². The average molecular weight is 260 g/mol. The highest BCUT2D eigenvalue weighted by atomic mass is 19.4. The van der Waals surface area contributed by atoms with Crippen molar-refractivity contribution in [2.75, 3.05) is 12.4 Å². The van der Waals surface area contributed by atoms with Crippen molar-refractivity contribution in [1.29, 1.82) is 0 Å². The lowest BCUT2D eigenvalue weighted by molar-refractivity contribution is -0.189. The summed E-state index contributed by atoms with van der Waals surface area (Å²) in [7, 11) is 1.62. The number of nitrogens with one attached hydrogen (secondary N) is 1. The van der Waals surface area contributed by atoms with Crippen LogP contribution in [0.15, 0.2) is 18.3 Å². The summed E-state index contributed by atoms with van der Waals surface area (Å²) in [6.45, 7) is 0.943. The Bertz CT molecular complexity index is 552. The van der Waals surface area contributed by atoms with E-state index in [2.05, 4.69) is 15.4 Å². The van der Waals surface area contributed by atoms with E-state index in [0.29, 0.717) is 5.95 Å². The molecular formula is C10H11F3N4O. The maximum Gasteiger partial charge on any atom is 0.425 e. The van der Waals surface area contributed by atoms with Gasteiger partial charge in [0.15, 0.2) is 17.5 Å². The molecule has 0 aliphatic carbocycles. The molecule has 0 aliphatic rings. The van der Waals surface area contributed by atoms with Crippen molar-refractivity contribution in [3.63, 3.8) is 0 Å². The van der Waals surface area contributed by atoms with Crippen molar-refractivity contribution in [2.24, 2.45) is 0 Å². The third-order valence-corrected chi connectivity index (χ3v) is 2.31. The molecule has 2 aromatic heterocycles. The standard InChI is InChI=1S/C10H11F3N4O/c1-6(10(11,12)13)18-7-4-3-5-17-8(7)15-9(14-2)16-17/h3-6H,1-2H3,(H,14,16). The Morgan fingerprint density at radius 2 is 2.17 bits per heavy atom. The van der Waals surface area contributed by atoms with Gasteiger partial charge in [0.25, 0.3) is 0 Å². The number of fused-ring (bicyclic) bond motifs is 1. The van der Waals surface area contributed by atoms with E-state index < -0.39 is 12.3 Å². The number of rotatable bonds is 3. The molecule has 8 heteroatoms. The summed E-state index contributed by atoms with van der Waals surface area (Å²) < 4.78 is 43.5. The molecule has 0 fully saturated rings. The Kier molecular flexibility index (Phi) is 3.02. The summed E-state index contributed by atoms with van der Waals surface area (Å²) in [5.74, 6) is 0.349. The molecule has 0 bridgehead atoms. The Morgan fingerprint density at radius 1 is 1.44 bits per heavy atom. The smallest absolute Gasteiger partial charge is 0.425 e. The van der Waals surface area contributed by atoms with Gasteiger partial charge in [0, 0.05) is 13.2 Å². The van der Waals surface area contributed by atoms with Gasteiger partial charge in [-0.1, -0.05) is 0 Å². The second kappa shape index (κ2) is 4.35. The maximum absolute atomic E-state index is 12.4. The first-order chi connectivity index (χ1) is 8.41. The largest absolute Gasteiger partial charge is 0.477 e. The fourth-order valence-corrected chi connectivity index (χ4v) is 1.34. The Morgan fingerprint density at radius 3 is 2.78 bits per heavy atom. The molecule has 1 unspecified atom stereocenters. The van der Waals surface area contributed by atoms with Gasteiger partial charge in [-0.3, -0.25) is 0 Å². The minimum atomic E-state index is -4.42. The monoisotopic (exact) mass is 260 g/mol. The Balaban J connectivity index is 2.36. The second-order valence-corrected chi connectivity index (χ2v) is 3.63. The lowest BCUT2D eigenvalue weighted by Crippen LogP contribution is -2.31. The quantitative estimate of drug-likeness (QED) is 0.918. The molecule has 0 amide bonds. The first-order valence-corrected chi connectivity index (χ1v) is 5.18. The lowest BCUT2D eigenvalue weighted by atomic mass is 10.4. The molecule has 0 radical (unpaired) electrons. The predicted octanol–water partition coefficient (Wildman–Crippen LogP) is 2.10. The van der Waals surface area contributed by atoms with Crippen LogP contribution >= 0.6 is 0 Å². The van der Waals surface area contributed by atoms with Crippen molar-refractivity contribution in [2.45, 2.75) is 19.2 Å². The van der Waals surface area contributed by atoms with E-state index in [1.165, 1.54) is 10.6 Å². The maximum atomic E-state index is 12.4. The first-order valence-electron chi connectivity index (χ1n) is 5.18. The molecule has 2 rings (SSSR count). The van der Waals surface area contributed by atoms with E-state index in [4.69, 9.17) is 4.74 Å². The molecule has 0 aliphatic heterocycles. The van der Waals surface area contributed by atoms with Crippen molar-refractivity contribution >= 4 is 11.6 Å². The number of hydrogen-bond donors (Lipinski definition) is 1. The zero-order valence-corrected chi connectivity index (χ0v) is 9.69. The number of ether oxygens (including phenoxy) is 1. The molecule has 0 aromatic carbocycles. The fraction of sp³-hybridized carbons (Fsp3) is 0.400. The highest BCUT2D eigenvalue weighted by molar-refractivity contribution is 5.55. The molecule has 1 N–H and O–H groups in total. The van der Waals surface area contributed by atoms with Crippen molar-refractivity contribution in [1.82, 2.24) is 14.6 Å². The number of alkyl halides is 3. The van der Waals surface area contributed by atoms with Crippen LogP contribution in [0.4, 0.5) is 19.1 Å². The third kappa shape index (κ3) is 2.31. The molecule has 0 spiro atoms. The minimum absolute atomic E-state index is 0.0383. The number of anilines is 1. The van der Waals surface area contributed by atoms with Gasteiger partial charge in [0.2, 0.25) is 5.95 Å². The highest BCUT2D eigenvalue weighted by Gasteiger charge is 2.38. The molecule has 0 saturated heterocycles. The van der Waals surface area contributed by atoms with Crippen LogP contribution in [0.25, 0.3) is 5.65 Å². The zero-order valence-electron chi connectivity index (χ0n) is 9.69. The summed E-state index contributed by atoms with van der Waals surface area (Å²) >= 11 is 0. The van der Waals surface area contributed by atoms with Crippen LogP contribution in [0.1, 0.15) is 6.92 Å². The molecule has 5 nitrogen and oxygen atoms in total. The summed E-state index contributed by atoms with van der Waals surface area (Å²) in [5, 5.41) is 6.70. The van der Waals surface area contributed by atoms with Crippen LogP contribution in [0.3, 0.4) is 0 Å². The molecule has 2 aromatic rings. The first kappa shape index (κ1) is 12.5. The van der Waals surface area contributed by atoms with E-state index >= 15 is 0 Å². The summed E-state index contributed by atoms with van der Waals surface area (Å²) in [6, 6.07) is 2.96. The molecule has 2 heterocycles. The average Bonchev–Trinajstić information content (AvgIpc) is 2.71. The van der Waals surface area contributed by atoms with E-state index in [0.717, 1.165) is 6.92 Å². The van der Waals surface area contributed by atoms with Crippen LogP contribution in [0.5, 0.6) is 5.75 Å². The van der Waals surface area contributed by atoms with Gasteiger partial charge < -0.3 is 10.1 Å². The van der Waals surface area contributed by atoms with Crippen LogP contribution in [0, 0.1) is 0 Å². The summed E-state index contributed by atoms with van der Waals surface area (Å²) in [6.07, 6.45) is -4.74. The van der Waals surface area contributed by atoms with E-state index in [-0.39, 0.29) is 11.4 Å².